The van der Waals surface area contributed by atoms with Crippen LogP contribution >= 0.6 is 23.2 Å². The number of nitrogens with two attached hydrogens (primary N) is 1. The molecule has 2 rings (SSSR count). The molecule has 0 spiro atoms. The number of halogens is 2. The van der Waals surface area contributed by atoms with Gasteiger partial charge < -0.3 is 10.6 Å². The smallest absolute Gasteiger partial charge is 0.254 e. The van der Waals surface area contributed by atoms with E-state index < -0.39 is 0 Å². The Labute approximate surface area is 129 Å². The van der Waals surface area contributed by atoms with Gasteiger partial charge in [-0.2, -0.15) is 0 Å². The summed E-state index contributed by atoms with van der Waals surface area (Å²) in [5.74, 6) is -0.0675. The van der Waals surface area contributed by atoms with Gasteiger partial charge in [-0.05, 0) is 25.0 Å². The van der Waals surface area contributed by atoms with Crippen LogP contribution in [-0.2, 0) is 0 Å². The van der Waals surface area contributed by atoms with E-state index in [1.165, 1.54) is 0 Å². The molecule has 0 saturated heterocycles. The van der Waals surface area contributed by atoms with Crippen molar-refractivity contribution in [2.45, 2.75) is 31.7 Å². The van der Waals surface area contributed by atoms with Gasteiger partial charge in [-0.25, -0.2) is 0 Å². The van der Waals surface area contributed by atoms with Crippen molar-refractivity contribution in [3.63, 3.8) is 0 Å². The van der Waals surface area contributed by atoms with Gasteiger partial charge in [-0.15, -0.1) is 6.58 Å². The lowest BCUT2D eigenvalue weighted by molar-refractivity contribution is 0.0706. The third-order valence-corrected chi connectivity index (χ3v) is 4.47. The molecule has 1 aromatic rings. The number of hydrogen-bond donors (Lipinski definition) is 1. The van der Waals surface area contributed by atoms with Crippen molar-refractivity contribution < 1.29 is 4.79 Å². The number of hydrogen-bond acceptors (Lipinski definition) is 2. The third-order valence-electron chi connectivity index (χ3n) is 3.66. The van der Waals surface area contributed by atoms with Gasteiger partial charge in [0.15, 0.2) is 0 Å². The first kappa shape index (κ1) is 15.2. The molecule has 20 heavy (non-hydrogen) atoms. The molecule has 108 valence electrons. The maximum absolute atomic E-state index is 12.7. The van der Waals surface area contributed by atoms with Crippen molar-refractivity contribution >= 4 is 34.8 Å². The monoisotopic (exact) mass is 312 g/mol. The molecule has 0 aliphatic heterocycles. The lowest BCUT2D eigenvalue weighted by Crippen LogP contribution is -2.39. The molecule has 5 heteroatoms. The fourth-order valence-corrected chi connectivity index (χ4v) is 2.99. The second kappa shape index (κ2) is 6.51. The lowest BCUT2D eigenvalue weighted by atomic mass is 10.1. The molecule has 1 aliphatic rings. The highest BCUT2D eigenvalue weighted by atomic mass is 35.5. The van der Waals surface area contributed by atoms with E-state index in [0.29, 0.717) is 27.8 Å². The highest BCUT2D eigenvalue weighted by Crippen LogP contribution is 2.31. The highest BCUT2D eigenvalue weighted by molar-refractivity contribution is 6.43. The number of amides is 1. The van der Waals surface area contributed by atoms with Crippen LogP contribution in [0, 0.1) is 0 Å². The quantitative estimate of drug-likeness (QED) is 0.670. The number of nitrogen functional groups attached to an aromatic ring is 1. The Morgan fingerprint density at radius 3 is 2.60 bits per heavy atom. The molecule has 0 aromatic heterocycles. The van der Waals surface area contributed by atoms with Gasteiger partial charge in [0.25, 0.3) is 5.91 Å². The summed E-state index contributed by atoms with van der Waals surface area (Å²) in [6.45, 7) is 4.26. The molecule has 0 bridgehead atoms. The predicted molar refractivity (Wildman–Crippen MR) is 84.4 cm³/mol. The molecule has 3 nitrogen and oxygen atoms in total. The Kier molecular flexibility index (Phi) is 4.95. The number of carbonyl (C=O) groups is 1. The molecule has 0 unspecified atom stereocenters. The Balaban J connectivity index is 2.29. The predicted octanol–water partition coefficient (Wildman–Crippen LogP) is 4.15. The summed E-state index contributed by atoms with van der Waals surface area (Å²) in [7, 11) is 0. The summed E-state index contributed by atoms with van der Waals surface area (Å²) in [6.07, 6.45) is 6.15. The van der Waals surface area contributed by atoms with E-state index in [1.807, 2.05) is 4.90 Å². The van der Waals surface area contributed by atoms with Crippen molar-refractivity contribution in [2.24, 2.45) is 0 Å². The summed E-state index contributed by atoms with van der Waals surface area (Å²) in [4.78, 5) is 14.5. The minimum Gasteiger partial charge on any atom is -0.397 e. The third kappa shape index (κ3) is 3.10. The van der Waals surface area contributed by atoms with E-state index in [4.69, 9.17) is 28.9 Å². The minimum absolute atomic E-state index is 0.0675. The number of nitrogens with zero attached hydrogens (tertiary/aromatic N) is 1. The summed E-state index contributed by atoms with van der Waals surface area (Å²) >= 11 is 11.9. The van der Waals surface area contributed by atoms with E-state index in [1.54, 1.807) is 18.2 Å². The Morgan fingerprint density at radius 1 is 1.40 bits per heavy atom. The van der Waals surface area contributed by atoms with Gasteiger partial charge in [0.2, 0.25) is 0 Å². The van der Waals surface area contributed by atoms with Crippen molar-refractivity contribution in [1.82, 2.24) is 4.90 Å². The Hall–Kier alpha value is -1.19. The Morgan fingerprint density at radius 2 is 2.05 bits per heavy atom. The zero-order valence-corrected chi connectivity index (χ0v) is 12.8. The maximum atomic E-state index is 12.7. The second-order valence-corrected chi connectivity index (χ2v) is 5.83. The molecule has 1 aromatic carbocycles. The fraction of sp³-hybridized carbons (Fsp3) is 0.400. The van der Waals surface area contributed by atoms with Crippen LogP contribution in [-0.4, -0.2) is 23.4 Å². The van der Waals surface area contributed by atoms with E-state index in [2.05, 4.69) is 6.58 Å². The van der Waals surface area contributed by atoms with Crippen LogP contribution in [0.3, 0.4) is 0 Å². The van der Waals surface area contributed by atoms with Crippen LogP contribution in [0.15, 0.2) is 24.8 Å². The van der Waals surface area contributed by atoms with E-state index >= 15 is 0 Å². The molecule has 1 fully saturated rings. The van der Waals surface area contributed by atoms with Crippen molar-refractivity contribution in [2.75, 3.05) is 12.3 Å². The number of carbonyl (C=O) groups excluding carboxylic acids is 1. The molecule has 1 aliphatic carbocycles. The summed E-state index contributed by atoms with van der Waals surface area (Å²) in [6, 6.07) is 3.44. The van der Waals surface area contributed by atoms with Crippen LogP contribution in [0.25, 0.3) is 0 Å². The first-order valence-corrected chi connectivity index (χ1v) is 7.46. The zero-order chi connectivity index (χ0) is 14.7. The standard InChI is InChI=1S/C15H18Cl2N2O/c1-2-7-19(11-5-3-4-6-11)15(20)10-8-12(16)14(17)13(18)9-10/h2,8-9,11H,1,3-7,18H2. The number of benzene rings is 1. The van der Waals surface area contributed by atoms with Gasteiger partial charge in [0.05, 0.1) is 15.7 Å². The van der Waals surface area contributed by atoms with Gasteiger partial charge in [-0.1, -0.05) is 42.1 Å². The van der Waals surface area contributed by atoms with E-state index in [-0.39, 0.29) is 11.9 Å². The first-order chi connectivity index (χ1) is 9.54. The fourth-order valence-electron chi connectivity index (χ4n) is 2.65. The topological polar surface area (TPSA) is 46.3 Å². The molecule has 2 N–H and O–H groups in total. The van der Waals surface area contributed by atoms with Gasteiger partial charge >= 0.3 is 0 Å². The first-order valence-electron chi connectivity index (χ1n) is 6.71. The van der Waals surface area contributed by atoms with Crippen LogP contribution in [0.2, 0.25) is 10.0 Å². The number of anilines is 1. The maximum Gasteiger partial charge on any atom is 0.254 e. The molecule has 0 atom stereocenters. The average molecular weight is 313 g/mol. The van der Waals surface area contributed by atoms with Crippen molar-refractivity contribution in [3.05, 3.63) is 40.4 Å². The summed E-state index contributed by atoms with van der Waals surface area (Å²) in [5, 5.41) is 0.597. The molecule has 0 heterocycles. The van der Waals surface area contributed by atoms with Gasteiger partial charge in [0, 0.05) is 18.2 Å². The lowest BCUT2D eigenvalue weighted by Gasteiger charge is -2.28. The normalized spacial score (nSPS) is 15.3. The molecular formula is C15H18Cl2N2O. The Bertz CT molecular complexity index is 502. The van der Waals surface area contributed by atoms with Crippen LogP contribution < -0.4 is 5.73 Å². The molecule has 1 saturated carbocycles. The molecule has 1 amide bonds. The van der Waals surface area contributed by atoms with Crippen LogP contribution in [0.5, 0.6) is 0 Å². The van der Waals surface area contributed by atoms with Crippen molar-refractivity contribution in [1.29, 1.82) is 0 Å². The van der Waals surface area contributed by atoms with Gasteiger partial charge in [0.1, 0.15) is 0 Å². The zero-order valence-electron chi connectivity index (χ0n) is 11.2. The summed E-state index contributed by atoms with van der Waals surface area (Å²) in [5.41, 5.74) is 6.58. The second-order valence-electron chi connectivity index (χ2n) is 5.05. The van der Waals surface area contributed by atoms with E-state index in [0.717, 1.165) is 25.7 Å². The minimum atomic E-state index is -0.0675. The largest absolute Gasteiger partial charge is 0.397 e. The number of rotatable bonds is 4. The van der Waals surface area contributed by atoms with Crippen molar-refractivity contribution in [3.8, 4) is 0 Å². The van der Waals surface area contributed by atoms with Gasteiger partial charge in [-0.3, -0.25) is 4.79 Å². The highest BCUT2D eigenvalue weighted by Gasteiger charge is 2.27. The average Bonchev–Trinajstić information content (AvgIpc) is 2.94. The van der Waals surface area contributed by atoms with Crippen LogP contribution in [0.4, 0.5) is 5.69 Å². The summed E-state index contributed by atoms with van der Waals surface area (Å²) < 4.78 is 0. The SMILES string of the molecule is C=CCN(C(=O)c1cc(N)c(Cl)c(Cl)c1)C1CCCC1. The van der Waals surface area contributed by atoms with Crippen LogP contribution in [0.1, 0.15) is 36.0 Å². The van der Waals surface area contributed by atoms with E-state index in [9.17, 15) is 4.79 Å². The molecule has 0 radical (unpaired) electrons. The molecular weight excluding hydrogens is 295 g/mol.